The molecule has 0 spiro atoms. The lowest BCUT2D eigenvalue weighted by molar-refractivity contribution is -0.384. The molecule has 2 rings (SSSR count). The van der Waals surface area contributed by atoms with Crippen LogP contribution in [0.15, 0.2) is 18.2 Å². The summed E-state index contributed by atoms with van der Waals surface area (Å²) in [5, 5.41) is 13.8. The number of benzene rings is 1. The Hall–Kier alpha value is -1.99. The van der Waals surface area contributed by atoms with Gasteiger partial charge < -0.3 is 10.1 Å². The van der Waals surface area contributed by atoms with Gasteiger partial charge in [-0.15, -0.1) is 0 Å². The SMILES string of the molecule is CC(C)C[C@H]1Nc2ccc([N+](=O)[O-])cc2OC1CC(F)(F)F. The Kier molecular flexibility index (Phi) is 4.48. The number of halogens is 3. The highest BCUT2D eigenvalue weighted by molar-refractivity contribution is 5.62. The second-order valence-electron chi connectivity index (χ2n) is 5.79. The van der Waals surface area contributed by atoms with E-state index in [0.717, 1.165) is 6.07 Å². The Labute approximate surface area is 125 Å². The predicted octanol–water partition coefficient (Wildman–Crippen LogP) is 4.13. The van der Waals surface area contributed by atoms with Gasteiger partial charge in [0.1, 0.15) is 11.9 Å². The fourth-order valence-corrected chi connectivity index (χ4v) is 2.51. The molecule has 8 heteroatoms. The molecular weight excluding hydrogens is 301 g/mol. The molecule has 122 valence electrons. The van der Waals surface area contributed by atoms with Gasteiger partial charge in [0.05, 0.1) is 29.1 Å². The van der Waals surface area contributed by atoms with Crippen molar-refractivity contribution in [3.05, 3.63) is 28.3 Å². The molecule has 1 N–H and O–H groups in total. The molecule has 0 saturated heterocycles. The van der Waals surface area contributed by atoms with Crippen LogP contribution >= 0.6 is 0 Å². The third-order valence-corrected chi connectivity index (χ3v) is 3.40. The number of non-ortho nitro benzene ring substituents is 1. The topological polar surface area (TPSA) is 64.4 Å². The Morgan fingerprint density at radius 3 is 2.64 bits per heavy atom. The number of alkyl halides is 3. The van der Waals surface area contributed by atoms with Crippen molar-refractivity contribution >= 4 is 11.4 Å². The van der Waals surface area contributed by atoms with Crippen LogP contribution in [0.3, 0.4) is 0 Å². The van der Waals surface area contributed by atoms with Crippen LogP contribution in [0.25, 0.3) is 0 Å². The Morgan fingerprint density at radius 1 is 1.41 bits per heavy atom. The summed E-state index contributed by atoms with van der Waals surface area (Å²) in [5.74, 6) is 0.278. The predicted molar refractivity (Wildman–Crippen MR) is 75.1 cm³/mol. The molecule has 1 aromatic carbocycles. The first-order valence-corrected chi connectivity index (χ1v) is 6.94. The molecular formula is C14H17F3N2O3. The molecule has 0 aromatic heterocycles. The zero-order valence-electron chi connectivity index (χ0n) is 12.2. The highest BCUT2D eigenvalue weighted by Crippen LogP contribution is 2.38. The van der Waals surface area contributed by atoms with Crippen molar-refractivity contribution in [1.82, 2.24) is 0 Å². The number of nitrogens with zero attached hydrogens (tertiary/aromatic N) is 1. The van der Waals surface area contributed by atoms with E-state index in [2.05, 4.69) is 5.32 Å². The minimum atomic E-state index is -4.36. The van der Waals surface area contributed by atoms with Crippen LogP contribution in [0.5, 0.6) is 5.75 Å². The number of anilines is 1. The van der Waals surface area contributed by atoms with E-state index in [4.69, 9.17) is 4.74 Å². The molecule has 1 heterocycles. The number of ether oxygens (including phenoxy) is 1. The Balaban J connectivity index is 2.28. The van der Waals surface area contributed by atoms with Gasteiger partial charge in [-0.3, -0.25) is 10.1 Å². The van der Waals surface area contributed by atoms with Crippen LogP contribution < -0.4 is 10.1 Å². The van der Waals surface area contributed by atoms with Crippen molar-refractivity contribution in [2.45, 2.75) is 45.0 Å². The van der Waals surface area contributed by atoms with Gasteiger partial charge in [0.2, 0.25) is 0 Å². The van der Waals surface area contributed by atoms with Gasteiger partial charge in [-0.2, -0.15) is 13.2 Å². The van der Waals surface area contributed by atoms with E-state index in [-0.39, 0.29) is 17.4 Å². The molecule has 1 unspecified atom stereocenters. The quantitative estimate of drug-likeness (QED) is 0.669. The van der Waals surface area contributed by atoms with Crippen LogP contribution in [0.2, 0.25) is 0 Å². The minimum absolute atomic E-state index is 0.0865. The van der Waals surface area contributed by atoms with Gasteiger partial charge >= 0.3 is 6.18 Å². The molecule has 0 bridgehead atoms. The van der Waals surface area contributed by atoms with Crippen molar-refractivity contribution in [3.8, 4) is 5.75 Å². The van der Waals surface area contributed by atoms with Crippen LogP contribution in [0, 0.1) is 16.0 Å². The summed E-state index contributed by atoms with van der Waals surface area (Å²) in [6.07, 6.45) is -6.05. The monoisotopic (exact) mass is 318 g/mol. The molecule has 1 aliphatic heterocycles. The van der Waals surface area contributed by atoms with Crippen LogP contribution in [0.1, 0.15) is 26.7 Å². The molecule has 5 nitrogen and oxygen atoms in total. The second kappa shape index (κ2) is 6.02. The molecule has 1 aliphatic rings. The highest BCUT2D eigenvalue weighted by atomic mass is 19.4. The molecule has 22 heavy (non-hydrogen) atoms. The summed E-state index contributed by atoms with van der Waals surface area (Å²) in [7, 11) is 0. The summed E-state index contributed by atoms with van der Waals surface area (Å²) >= 11 is 0. The normalized spacial score (nSPS) is 21.0. The Bertz CT molecular complexity index is 561. The first-order chi connectivity index (χ1) is 10.2. The van der Waals surface area contributed by atoms with Gasteiger partial charge in [-0.05, 0) is 18.4 Å². The van der Waals surface area contributed by atoms with E-state index in [1.165, 1.54) is 12.1 Å². The van der Waals surface area contributed by atoms with Gasteiger partial charge in [0.15, 0.2) is 0 Å². The maximum absolute atomic E-state index is 12.7. The summed E-state index contributed by atoms with van der Waals surface area (Å²) in [4.78, 5) is 10.1. The lowest BCUT2D eigenvalue weighted by Crippen LogP contribution is -2.44. The average Bonchev–Trinajstić information content (AvgIpc) is 2.36. The number of rotatable bonds is 4. The largest absolute Gasteiger partial charge is 0.485 e. The molecule has 1 aromatic rings. The van der Waals surface area contributed by atoms with E-state index in [0.29, 0.717) is 12.1 Å². The van der Waals surface area contributed by atoms with E-state index in [9.17, 15) is 23.3 Å². The summed E-state index contributed by atoms with van der Waals surface area (Å²) < 4.78 is 43.6. The Morgan fingerprint density at radius 2 is 2.09 bits per heavy atom. The zero-order valence-corrected chi connectivity index (χ0v) is 12.2. The fraction of sp³-hybridized carbons (Fsp3) is 0.571. The highest BCUT2D eigenvalue weighted by Gasteiger charge is 2.40. The molecule has 2 atom stereocenters. The number of nitrogens with one attached hydrogen (secondary N) is 1. The summed E-state index contributed by atoms with van der Waals surface area (Å²) in [6, 6.07) is 3.42. The second-order valence-corrected chi connectivity index (χ2v) is 5.79. The molecule has 0 aliphatic carbocycles. The smallest absolute Gasteiger partial charge is 0.392 e. The number of hydrogen-bond acceptors (Lipinski definition) is 4. The number of nitro benzene ring substituents is 1. The number of fused-ring (bicyclic) bond motifs is 1. The third kappa shape index (κ3) is 4.02. The maximum atomic E-state index is 12.7. The lowest BCUT2D eigenvalue weighted by Gasteiger charge is -2.36. The molecule has 0 radical (unpaired) electrons. The molecule has 0 amide bonds. The van der Waals surface area contributed by atoms with Crippen molar-refractivity contribution in [3.63, 3.8) is 0 Å². The molecule has 0 saturated carbocycles. The van der Waals surface area contributed by atoms with Crippen LogP contribution in [0.4, 0.5) is 24.5 Å². The molecule has 0 fully saturated rings. The standard InChI is InChI=1S/C14H17F3N2O3/c1-8(2)5-11-13(7-14(15,16)17)22-12-6-9(19(20)21)3-4-10(12)18-11/h3-4,6,8,11,13,18H,5,7H2,1-2H3/t11-,13?/m1/s1. The van der Waals surface area contributed by atoms with Crippen molar-refractivity contribution in [1.29, 1.82) is 0 Å². The van der Waals surface area contributed by atoms with E-state index in [1.54, 1.807) is 0 Å². The zero-order chi connectivity index (χ0) is 16.5. The summed E-state index contributed by atoms with van der Waals surface area (Å²) in [5.41, 5.74) is 0.267. The van der Waals surface area contributed by atoms with E-state index in [1.807, 2.05) is 13.8 Å². The van der Waals surface area contributed by atoms with E-state index >= 15 is 0 Å². The van der Waals surface area contributed by atoms with Gasteiger partial charge in [-0.1, -0.05) is 13.8 Å². The van der Waals surface area contributed by atoms with Crippen LogP contribution in [-0.2, 0) is 0 Å². The van der Waals surface area contributed by atoms with Gasteiger partial charge in [0, 0.05) is 6.07 Å². The average molecular weight is 318 g/mol. The van der Waals surface area contributed by atoms with Crippen molar-refractivity contribution in [2.24, 2.45) is 5.92 Å². The van der Waals surface area contributed by atoms with Crippen molar-refractivity contribution < 1.29 is 22.8 Å². The fourth-order valence-electron chi connectivity index (χ4n) is 2.51. The number of hydrogen-bond donors (Lipinski definition) is 1. The number of nitro groups is 1. The van der Waals surface area contributed by atoms with Crippen molar-refractivity contribution in [2.75, 3.05) is 5.32 Å². The first kappa shape index (κ1) is 16.4. The lowest BCUT2D eigenvalue weighted by atomic mass is 9.95. The van der Waals surface area contributed by atoms with Crippen LogP contribution in [-0.4, -0.2) is 23.2 Å². The third-order valence-electron chi connectivity index (χ3n) is 3.40. The minimum Gasteiger partial charge on any atom is -0.485 e. The maximum Gasteiger partial charge on any atom is 0.392 e. The van der Waals surface area contributed by atoms with Gasteiger partial charge in [-0.25, -0.2) is 0 Å². The van der Waals surface area contributed by atoms with E-state index < -0.39 is 29.7 Å². The summed E-state index contributed by atoms with van der Waals surface area (Å²) in [6.45, 7) is 3.83. The van der Waals surface area contributed by atoms with Gasteiger partial charge in [0.25, 0.3) is 5.69 Å². The first-order valence-electron chi connectivity index (χ1n) is 6.94.